The van der Waals surface area contributed by atoms with Crippen LogP contribution >= 0.6 is 11.6 Å². The summed E-state index contributed by atoms with van der Waals surface area (Å²) in [6.07, 6.45) is 0.738. The predicted octanol–water partition coefficient (Wildman–Crippen LogP) is 4.58. The molecule has 1 N–H and O–H groups in total. The Balaban J connectivity index is 1.43. The minimum atomic E-state index is -0.0722. The molecule has 3 heterocycles. The number of aromatic amines is 1. The Morgan fingerprint density at radius 2 is 1.87 bits per heavy atom. The van der Waals surface area contributed by atoms with Gasteiger partial charge in [0.1, 0.15) is 11.6 Å². The zero-order valence-electron chi connectivity index (χ0n) is 17.6. The zero-order chi connectivity index (χ0) is 21.5. The first kappa shape index (κ1) is 20.0. The lowest BCUT2D eigenvalue weighted by molar-refractivity contribution is 0.232. The number of imidazole rings is 1. The summed E-state index contributed by atoms with van der Waals surface area (Å²) < 4.78 is 2.29. The van der Waals surface area contributed by atoms with Gasteiger partial charge in [-0.25, -0.2) is 9.97 Å². The first-order valence-electron chi connectivity index (χ1n) is 10.6. The van der Waals surface area contributed by atoms with Crippen molar-refractivity contribution in [3.63, 3.8) is 0 Å². The summed E-state index contributed by atoms with van der Waals surface area (Å²) in [5.41, 5.74) is 4.57. The normalized spacial score (nSPS) is 14.3. The van der Waals surface area contributed by atoms with Gasteiger partial charge in [-0.2, -0.15) is 0 Å². The number of rotatable bonds is 4. The number of benzene rings is 2. The van der Waals surface area contributed by atoms with Gasteiger partial charge in [-0.3, -0.25) is 9.69 Å². The molecule has 0 fully saturated rings. The van der Waals surface area contributed by atoms with Crippen LogP contribution < -0.4 is 5.56 Å². The molecule has 31 heavy (non-hydrogen) atoms. The van der Waals surface area contributed by atoms with Gasteiger partial charge in [0, 0.05) is 36.1 Å². The number of nitrogens with zero attached hydrogens (tertiary/aromatic N) is 4. The summed E-state index contributed by atoms with van der Waals surface area (Å²) in [5.74, 6) is 1.62. The highest BCUT2D eigenvalue weighted by Gasteiger charge is 2.24. The third kappa shape index (κ3) is 3.77. The molecule has 1 aliphatic heterocycles. The predicted molar refractivity (Wildman–Crippen MR) is 123 cm³/mol. The van der Waals surface area contributed by atoms with Crippen molar-refractivity contribution in [2.45, 2.75) is 39.4 Å². The van der Waals surface area contributed by atoms with Gasteiger partial charge in [-0.05, 0) is 50.2 Å². The molecule has 1 aliphatic rings. The molecule has 0 radical (unpaired) electrons. The second kappa shape index (κ2) is 7.94. The van der Waals surface area contributed by atoms with Crippen LogP contribution in [0.2, 0.25) is 5.02 Å². The number of H-pyrrole nitrogens is 1. The van der Waals surface area contributed by atoms with Crippen LogP contribution in [0.1, 0.15) is 37.0 Å². The van der Waals surface area contributed by atoms with Crippen molar-refractivity contribution in [2.24, 2.45) is 0 Å². The highest BCUT2D eigenvalue weighted by molar-refractivity contribution is 6.30. The summed E-state index contributed by atoms with van der Waals surface area (Å²) >= 11 is 5.98. The Hall–Kier alpha value is -2.96. The second-order valence-electron chi connectivity index (χ2n) is 8.29. The topological polar surface area (TPSA) is 66.8 Å². The Labute approximate surface area is 185 Å². The summed E-state index contributed by atoms with van der Waals surface area (Å²) in [6, 6.07) is 15.9. The second-order valence-corrected chi connectivity index (χ2v) is 8.72. The summed E-state index contributed by atoms with van der Waals surface area (Å²) in [7, 11) is 0. The molecule has 7 heteroatoms. The maximum Gasteiger partial charge on any atom is 0.255 e. The van der Waals surface area contributed by atoms with E-state index in [4.69, 9.17) is 21.6 Å². The van der Waals surface area contributed by atoms with Gasteiger partial charge in [-0.15, -0.1) is 0 Å². The molecular formula is C24H24ClN5O. The first-order valence-corrected chi connectivity index (χ1v) is 10.9. The standard InChI is InChI=1S/C24H24ClN5O/c1-15(2)30-21-6-4-3-5-20(21)26-22(30)14-29-12-11-19-18(13-29)24(31)28-23(27-19)16-7-9-17(25)10-8-16/h3-10,15H,11-14H2,1-2H3,(H,27,28,31). The molecule has 0 spiro atoms. The fourth-order valence-corrected chi connectivity index (χ4v) is 4.47. The molecule has 0 saturated heterocycles. The van der Waals surface area contributed by atoms with Crippen LogP contribution in [0.25, 0.3) is 22.4 Å². The van der Waals surface area contributed by atoms with E-state index in [1.54, 1.807) is 12.1 Å². The van der Waals surface area contributed by atoms with Gasteiger partial charge >= 0.3 is 0 Å². The van der Waals surface area contributed by atoms with Crippen molar-refractivity contribution in [1.82, 2.24) is 24.4 Å². The average molecular weight is 434 g/mol. The number of nitrogens with one attached hydrogen (secondary N) is 1. The van der Waals surface area contributed by atoms with Crippen molar-refractivity contribution in [3.05, 3.63) is 81.0 Å². The number of fused-ring (bicyclic) bond motifs is 2. The van der Waals surface area contributed by atoms with Crippen LogP contribution in [0.5, 0.6) is 0 Å². The summed E-state index contributed by atoms with van der Waals surface area (Å²) in [6.45, 7) is 6.46. The Morgan fingerprint density at radius 3 is 2.65 bits per heavy atom. The Kier molecular flexibility index (Phi) is 5.12. The fraction of sp³-hybridized carbons (Fsp3) is 0.292. The molecule has 158 valence electrons. The van der Waals surface area contributed by atoms with Crippen LogP contribution in [0.4, 0.5) is 0 Å². The molecule has 2 aromatic heterocycles. The van der Waals surface area contributed by atoms with Gasteiger partial charge in [0.05, 0.1) is 28.8 Å². The summed E-state index contributed by atoms with van der Waals surface area (Å²) in [4.78, 5) is 27.7. The molecule has 0 atom stereocenters. The summed E-state index contributed by atoms with van der Waals surface area (Å²) in [5, 5.41) is 0.659. The van der Waals surface area contributed by atoms with E-state index in [1.807, 2.05) is 24.3 Å². The van der Waals surface area contributed by atoms with E-state index in [2.05, 4.69) is 40.4 Å². The van der Waals surface area contributed by atoms with Gasteiger partial charge in [-0.1, -0.05) is 23.7 Å². The van der Waals surface area contributed by atoms with Crippen molar-refractivity contribution in [2.75, 3.05) is 6.54 Å². The Bertz CT molecular complexity index is 1310. The molecular weight excluding hydrogens is 410 g/mol. The van der Waals surface area contributed by atoms with E-state index < -0.39 is 0 Å². The third-order valence-electron chi connectivity index (χ3n) is 5.82. The number of hydrogen-bond donors (Lipinski definition) is 1. The lowest BCUT2D eigenvalue weighted by Gasteiger charge is -2.28. The smallest absolute Gasteiger partial charge is 0.255 e. The Morgan fingerprint density at radius 1 is 1.10 bits per heavy atom. The molecule has 6 nitrogen and oxygen atoms in total. The largest absolute Gasteiger partial charge is 0.324 e. The SMILES string of the molecule is CC(C)n1c(CN2CCc3nc(-c4ccc(Cl)cc4)[nH]c(=O)c3C2)nc2ccccc21. The van der Waals surface area contributed by atoms with Gasteiger partial charge in [0.15, 0.2) is 0 Å². The highest BCUT2D eigenvalue weighted by Crippen LogP contribution is 2.24. The lowest BCUT2D eigenvalue weighted by atomic mass is 10.1. The average Bonchev–Trinajstić information content (AvgIpc) is 3.12. The molecule has 0 bridgehead atoms. The molecule has 2 aromatic carbocycles. The number of para-hydroxylation sites is 2. The van der Waals surface area contributed by atoms with Crippen LogP contribution in [0.3, 0.4) is 0 Å². The monoisotopic (exact) mass is 433 g/mol. The van der Waals surface area contributed by atoms with Crippen LogP contribution in [0, 0.1) is 0 Å². The minimum absolute atomic E-state index is 0.0722. The van der Waals surface area contributed by atoms with E-state index in [9.17, 15) is 4.79 Å². The van der Waals surface area contributed by atoms with E-state index in [0.29, 0.717) is 30.0 Å². The third-order valence-corrected chi connectivity index (χ3v) is 6.07. The maximum absolute atomic E-state index is 12.9. The van der Waals surface area contributed by atoms with Gasteiger partial charge in [0.2, 0.25) is 0 Å². The molecule has 0 saturated carbocycles. The lowest BCUT2D eigenvalue weighted by Crippen LogP contribution is -2.36. The van der Waals surface area contributed by atoms with Crippen molar-refractivity contribution in [1.29, 1.82) is 0 Å². The van der Waals surface area contributed by atoms with E-state index >= 15 is 0 Å². The van der Waals surface area contributed by atoms with Crippen LogP contribution in [-0.4, -0.2) is 31.0 Å². The maximum atomic E-state index is 12.9. The van der Waals surface area contributed by atoms with Crippen molar-refractivity contribution < 1.29 is 0 Å². The van der Waals surface area contributed by atoms with Gasteiger partial charge < -0.3 is 9.55 Å². The molecule has 4 aromatic rings. The highest BCUT2D eigenvalue weighted by atomic mass is 35.5. The molecule has 0 unspecified atom stereocenters. The molecule has 0 amide bonds. The molecule has 0 aliphatic carbocycles. The van der Waals surface area contributed by atoms with Crippen LogP contribution in [0.15, 0.2) is 53.3 Å². The number of halogens is 1. The minimum Gasteiger partial charge on any atom is -0.324 e. The van der Waals surface area contributed by atoms with E-state index in [1.165, 1.54) is 0 Å². The van der Waals surface area contributed by atoms with Crippen molar-refractivity contribution >= 4 is 22.6 Å². The van der Waals surface area contributed by atoms with E-state index in [-0.39, 0.29) is 5.56 Å². The quantitative estimate of drug-likeness (QED) is 0.511. The van der Waals surface area contributed by atoms with Gasteiger partial charge in [0.25, 0.3) is 5.56 Å². The number of aromatic nitrogens is 4. The van der Waals surface area contributed by atoms with E-state index in [0.717, 1.165) is 46.6 Å². The zero-order valence-corrected chi connectivity index (χ0v) is 18.4. The van der Waals surface area contributed by atoms with Crippen LogP contribution in [-0.2, 0) is 19.5 Å². The number of hydrogen-bond acceptors (Lipinski definition) is 4. The van der Waals surface area contributed by atoms with Crippen molar-refractivity contribution in [3.8, 4) is 11.4 Å². The fourth-order valence-electron chi connectivity index (χ4n) is 4.34. The first-order chi connectivity index (χ1) is 15.0. The molecule has 5 rings (SSSR count).